The van der Waals surface area contributed by atoms with Crippen LogP contribution in [0.1, 0.15) is 6.42 Å². The summed E-state index contributed by atoms with van der Waals surface area (Å²) in [5.41, 5.74) is 0. The first kappa shape index (κ1) is 16.7. The molecule has 0 bridgehead atoms. The number of nitrogens with one attached hydrogen (secondary N) is 1. The number of likely N-dealkylation sites (tertiary alicyclic amines) is 1. The van der Waals surface area contributed by atoms with Crippen LogP contribution in [0.15, 0.2) is 0 Å². The fraction of sp³-hybridized carbons (Fsp3) is 0.778. The molecule has 11 heteroatoms. The molecule has 0 aromatic heterocycles. The van der Waals surface area contributed by atoms with E-state index in [1.165, 1.54) is 0 Å². The van der Waals surface area contributed by atoms with Crippen molar-refractivity contribution >= 4 is 22.0 Å². The normalized spacial score (nSPS) is 20.3. The second-order valence-electron chi connectivity index (χ2n) is 4.44. The molecule has 6 nitrogen and oxygen atoms in total. The summed E-state index contributed by atoms with van der Waals surface area (Å²) in [6.07, 6.45) is -4.81. The molecule has 1 atom stereocenters. The molecule has 1 aliphatic rings. The molecule has 0 aromatic rings. The molecule has 1 saturated heterocycles. The van der Waals surface area contributed by atoms with E-state index in [9.17, 15) is 35.1 Å². The molecular weight excluding hydrogens is 308 g/mol. The monoisotopic (exact) mass is 320 g/mol. The Morgan fingerprint density at radius 2 is 2.00 bits per heavy atom. The Hall–Kier alpha value is -1.39. The third-order valence-electron chi connectivity index (χ3n) is 2.55. The van der Waals surface area contributed by atoms with Crippen molar-refractivity contribution < 1.29 is 35.1 Å². The summed E-state index contributed by atoms with van der Waals surface area (Å²) in [7, 11) is -4.74. The number of nitrogens with zero attached hydrogens (tertiary/aromatic N) is 1. The van der Waals surface area contributed by atoms with E-state index < -0.39 is 53.0 Å². The molecule has 0 saturated carbocycles. The highest BCUT2D eigenvalue weighted by Crippen LogP contribution is 2.20. The third-order valence-corrected chi connectivity index (χ3v) is 3.42. The summed E-state index contributed by atoms with van der Waals surface area (Å²) in [5, 5.41) is 1.58. The number of rotatable bonds is 5. The number of hydrogen-bond acceptors (Lipinski definition) is 4. The molecule has 1 aliphatic heterocycles. The van der Waals surface area contributed by atoms with Gasteiger partial charge in [-0.15, -0.1) is 3.89 Å². The Morgan fingerprint density at radius 3 is 2.50 bits per heavy atom. The summed E-state index contributed by atoms with van der Waals surface area (Å²) >= 11 is 0. The van der Waals surface area contributed by atoms with Gasteiger partial charge in [0.1, 0.15) is 6.54 Å². The van der Waals surface area contributed by atoms with Gasteiger partial charge in [-0.25, -0.2) is 0 Å². The average Bonchev–Trinajstić information content (AvgIpc) is 2.52. The van der Waals surface area contributed by atoms with Crippen LogP contribution in [0.2, 0.25) is 0 Å². The van der Waals surface area contributed by atoms with Gasteiger partial charge in [-0.05, 0) is 0 Å². The molecule has 116 valence electrons. The molecule has 0 aromatic carbocycles. The molecule has 1 heterocycles. The van der Waals surface area contributed by atoms with E-state index in [-0.39, 0.29) is 13.0 Å². The van der Waals surface area contributed by atoms with Crippen LogP contribution in [-0.4, -0.2) is 56.7 Å². The van der Waals surface area contributed by atoms with Crippen molar-refractivity contribution in [2.75, 3.05) is 25.4 Å². The minimum absolute atomic E-state index is 0.179. The van der Waals surface area contributed by atoms with Crippen LogP contribution in [0.3, 0.4) is 0 Å². The Labute approximate surface area is 112 Å². The van der Waals surface area contributed by atoms with Crippen molar-refractivity contribution in [1.29, 1.82) is 0 Å². The van der Waals surface area contributed by atoms with Gasteiger partial charge in [0.05, 0.1) is 12.3 Å². The Bertz CT molecular complexity index is 491. The average molecular weight is 320 g/mol. The summed E-state index contributed by atoms with van der Waals surface area (Å²) in [6.45, 7) is -2.31. The lowest BCUT2D eigenvalue weighted by atomic mass is 10.1. The fourth-order valence-corrected chi connectivity index (χ4v) is 2.61. The highest BCUT2D eigenvalue weighted by molar-refractivity contribution is 7.86. The zero-order valence-electron chi connectivity index (χ0n) is 10.1. The van der Waals surface area contributed by atoms with Crippen LogP contribution in [0.4, 0.5) is 17.1 Å². The van der Waals surface area contributed by atoms with Crippen LogP contribution in [0.25, 0.3) is 0 Å². The van der Waals surface area contributed by atoms with E-state index in [1.54, 1.807) is 5.32 Å². The van der Waals surface area contributed by atoms with Gasteiger partial charge in [-0.1, -0.05) is 0 Å². The minimum Gasteiger partial charge on any atom is -0.345 e. The van der Waals surface area contributed by atoms with Gasteiger partial charge in [0.25, 0.3) is 0 Å². The Morgan fingerprint density at radius 1 is 1.40 bits per heavy atom. The summed E-state index contributed by atoms with van der Waals surface area (Å²) in [4.78, 5) is 23.5. The maximum absolute atomic E-state index is 12.4. The van der Waals surface area contributed by atoms with Gasteiger partial charge in [-0.3, -0.25) is 9.59 Å². The lowest BCUT2D eigenvalue weighted by Gasteiger charge is -2.16. The van der Waals surface area contributed by atoms with Gasteiger partial charge in [0, 0.05) is 18.9 Å². The number of carbonyl (C=O) groups excluding carboxylic acids is 2. The number of carbonyl (C=O) groups is 2. The molecule has 20 heavy (non-hydrogen) atoms. The molecule has 0 radical (unpaired) electrons. The zero-order valence-corrected chi connectivity index (χ0v) is 10.9. The van der Waals surface area contributed by atoms with Gasteiger partial charge in [0.15, 0.2) is 0 Å². The number of amides is 2. The van der Waals surface area contributed by atoms with E-state index in [0.717, 1.165) is 4.90 Å². The van der Waals surface area contributed by atoms with Crippen LogP contribution in [0, 0.1) is 5.92 Å². The maximum atomic E-state index is 12.4. The molecule has 2 amide bonds. The summed E-state index contributed by atoms with van der Waals surface area (Å²) < 4.78 is 68.9. The number of alkyl halides is 3. The smallest absolute Gasteiger partial charge is 0.345 e. The van der Waals surface area contributed by atoms with Crippen molar-refractivity contribution in [3.8, 4) is 0 Å². The van der Waals surface area contributed by atoms with Crippen molar-refractivity contribution in [2.24, 2.45) is 5.92 Å². The predicted octanol–water partition coefficient (Wildman–Crippen LogP) is -0.187. The van der Waals surface area contributed by atoms with E-state index in [0.29, 0.717) is 0 Å². The SMILES string of the molecule is O=C(CN1CC(CS(=O)(=O)F)CC1=O)NCC(F)(F)F. The van der Waals surface area contributed by atoms with Crippen LogP contribution in [-0.2, 0) is 19.8 Å². The first-order valence-electron chi connectivity index (χ1n) is 5.50. The third kappa shape index (κ3) is 6.17. The second kappa shape index (κ2) is 5.94. The maximum Gasteiger partial charge on any atom is 0.405 e. The van der Waals surface area contributed by atoms with Crippen molar-refractivity contribution in [3.63, 3.8) is 0 Å². The van der Waals surface area contributed by atoms with E-state index in [1.807, 2.05) is 0 Å². The van der Waals surface area contributed by atoms with E-state index in [2.05, 4.69) is 0 Å². The highest BCUT2D eigenvalue weighted by atomic mass is 32.3. The van der Waals surface area contributed by atoms with E-state index in [4.69, 9.17) is 0 Å². The van der Waals surface area contributed by atoms with E-state index >= 15 is 0 Å². The summed E-state index contributed by atoms with van der Waals surface area (Å²) in [5.74, 6) is -3.26. The fourth-order valence-electron chi connectivity index (χ4n) is 1.83. The quantitative estimate of drug-likeness (QED) is 0.562. The predicted molar refractivity (Wildman–Crippen MR) is 58.6 cm³/mol. The van der Waals surface area contributed by atoms with Gasteiger partial charge >= 0.3 is 16.4 Å². The van der Waals surface area contributed by atoms with Crippen LogP contribution in [0.5, 0.6) is 0 Å². The number of halogens is 4. The second-order valence-corrected chi connectivity index (χ2v) is 5.85. The van der Waals surface area contributed by atoms with Crippen molar-refractivity contribution in [2.45, 2.75) is 12.6 Å². The molecule has 1 rings (SSSR count). The molecular formula is C9H12F4N2O4S. The van der Waals surface area contributed by atoms with Crippen molar-refractivity contribution in [3.05, 3.63) is 0 Å². The molecule has 0 aliphatic carbocycles. The number of hydrogen-bond donors (Lipinski definition) is 1. The van der Waals surface area contributed by atoms with Crippen LogP contribution >= 0.6 is 0 Å². The highest BCUT2D eigenvalue weighted by Gasteiger charge is 2.34. The minimum atomic E-state index is -4.74. The first-order chi connectivity index (χ1) is 8.96. The van der Waals surface area contributed by atoms with Gasteiger partial charge in [-0.2, -0.15) is 21.6 Å². The largest absolute Gasteiger partial charge is 0.405 e. The zero-order chi connectivity index (χ0) is 15.6. The van der Waals surface area contributed by atoms with Gasteiger partial charge < -0.3 is 10.2 Å². The molecule has 1 unspecified atom stereocenters. The van der Waals surface area contributed by atoms with Gasteiger partial charge in [0.2, 0.25) is 11.8 Å². The Balaban J connectivity index is 2.45. The standard InChI is InChI=1S/C9H12F4N2O4S/c10-9(11,12)5-14-7(16)3-15-2-6(1-8(15)17)4-20(13,18)19/h6H,1-5H2,(H,14,16). The molecule has 0 spiro atoms. The topological polar surface area (TPSA) is 83.6 Å². The van der Waals surface area contributed by atoms with Crippen molar-refractivity contribution in [1.82, 2.24) is 10.2 Å². The lowest BCUT2D eigenvalue weighted by Crippen LogP contribution is -2.41. The Kier molecular flexibility index (Phi) is 4.95. The molecule has 1 N–H and O–H groups in total. The first-order valence-corrected chi connectivity index (χ1v) is 7.05. The lowest BCUT2D eigenvalue weighted by molar-refractivity contribution is -0.141. The molecule has 1 fully saturated rings. The van der Waals surface area contributed by atoms with Crippen LogP contribution < -0.4 is 5.32 Å². The summed E-state index contributed by atoms with van der Waals surface area (Å²) in [6, 6.07) is 0.